The van der Waals surface area contributed by atoms with Gasteiger partial charge in [0.1, 0.15) is 11.1 Å². The van der Waals surface area contributed by atoms with E-state index in [0.717, 1.165) is 31.4 Å². The van der Waals surface area contributed by atoms with Gasteiger partial charge < -0.3 is 10.1 Å². The molecular formula is C17H19N3O3S. The van der Waals surface area contributed by atoms with Crippen LogP contribution < -0.4 is 5.32 Å². The summed E-state index contributed by atoms with van der Waals surface area (Å²) in [5.41, 5.74) is 1.23. The molecule has 2 aliphatic carbocycles. The lowest BCUT2D eigenvalue weighted by atomic mass is 10.1. The average molecular weight is 345 g/mol. The predicted molar refractivity (Wildman–Crippen MR) is 88.8 cm³/mol. The Morgan fingerprint density at radius 1 is 1.42 bits per heavy atom. The van der Waals surface area contributed by atoms with E-state index in [-0.39, 0.29) is 23.1 Å². The van der Waals surface area contributed by atoms with Crippen molar-refractivity contribution in [3.63, 3.8) is 0 Å². The van der Waals surface area contributed by atoms with Crippen LogP contribution in [0.4, 0.5) is 0 Å². The maximum absolute atomic E-state index is 12.5. The number of nitrogens with one attached hydrogen (secondary N) is 1. The number of esters is 1. The van der Waals surface area contributed by atoms with E-state index in [0.29, 0.717) is 10.9 Å². The van der Waals surface area contributed by atoms with E-state index in [9.17, 15) is 14.9 Å². The number of nitriles is 1. The minimum atomic E-state index is -0.889. The standard InChI is InChI=1S/C17H19N3O3S/c1-9(15(21)19-11-5-6-11)23-17(22)12-7-14(10-3-4-10)20-16(24-2)13(12)8-18/h7,9-11H,3-6H2,1-2H3,(H,19,21)/t9-/m0/s1. The number of thioether (sulfide) groups is 1. The van der Waals surface area contributed by atoms with Crippen LogP contribution in [0.2, 0.25) is 0 Å². The first kappa shape index (κ1) is 16.8. The van der Waals surface area contributed by atoms with Crippen LogP contribution in [0.5, 0.6) is 0 Å². The smallest absolute Gasteiger partial charge is 0.340 e. The zero-order valence-corrected chi connectivity index (χ0v) is 14.5. The summed E-state index contributed by atoms with van der Waals surface area (Å²) < 4.78 is 5.28. The minimum absolute atomic E-state index is 0.199. The second-order valence-electron chi connectivity index (χ2n) is 6.20. The number of hydrogen-bond acceptors (Lipinski definition) is 6. The molecule has 0 aromatic carbocycles. The third kappa shape index (κ3) is 3.70. The third-order valence-electron chi connectivity index (χ3n) is 4.10. The van der Waals surface area contributed by atoms with Crippen LogP contribution in [0.1, 0.15) is 60.1 Å². The number of carbonyl (C=O) groups is 2. The van der Waals surface area contributed by atoms with Crippen LogP contribution in [0.25, 0.3) is 0 Å². The molecule has 1 heterocycles. The lowest BCUT2D eigenvalue weighted by Crippen LogP contribution is -2.37. The molecule has 0 bridgehead atoms. The second kappa shape index (κ2) is 6.81. The zero-order valence-electron chi connectivity index (χ0n) is 13.7. The van der Waals surface area contributed by atoms with Gasteiger partial charge in [-0.2, -0.15) is 5.26 Å². The quantitative estimate of drug-likeness (QED) is 0.628. The number of ether oxygens (including phenoxy) is 1. The van der Waals surface area contributed by atoms with Crippen molar-refractivity contribution in [3.05, 3.63) is 22.9 Å². The lowest BCUT2D eigenvalue weighted by molar-refractivity contribution is -0.129. The summed E-state index contributed by atoms with van der Waals surface area (Å²) in [5, 5.41) is 12.7. The number of aromatic nitrogens is 1. The predicted octanol–water partition coefficient (Wildman–Crippen LogP) is 2.38. The summed E-state index contributed by atoms with van der Waals surface area (Å²) in [6.07, 6.45) is 4.96. The fraction of sp³-hybridized carbons (Fsp3) is 0.529. The average Bonchev–Trinajstić information content (AvgIpc) is 3.46. The Bertz CT molecular complexity index is 721. The molecule has 6 nitrogen and oxygen atoms in total. The van der Waals surface area contributed by atoms with Gasteiger partial charge in [0, 0.05) is 17.7 Å². The summed E-state index contributed by atoms with van der Waals surface area (Å²) in [7, 11) is 0. The van der Waals surface area contributed by atoms with Crippen molar-refractivity contribution in [2.45, 2.75) is 55.7 Å². The fourth-order valence-corrected chi connectivity index (χ4v) is 2.93. The molecule has 24 heavy (non-hydrogen) atoms. The van der Waals surface area contributed by atoms with Crippen LogP contribution >= 0.6 is 11.8 Å². The summed E-state index contributed by atoms with van der Waals surface area (Å²) in [6.45, 7) is 1.54. The highest BCUT2D eigenvalue weighted by Gasteiger charge is 2.31. The van der Waals surface area contributed by atoms with Gasteiger partial charge in [0.25, 0.3) is 5.91 Å². The summed E-state index contributed by atoms with van der Waals surface area (Å²) in [6, 6.07) is 3.89. The number of rotatable bonds is 6. The van der Waals surface area contributed by atoms with E-state index in [4.69, 9.17) is 4.74 Å². The van der Waals surface area contributed by atoms with E-state index >= 15 is 0 Å². The van der Waals surface area contributed by atoms with E-state index in [1.54, 1.807) is 13.0 Å². The van der Waals surface area contributed by atoms with Crippen molar-refractivity contribution in [1.82, 2.24) is 10.3 Å². The minimum Gasteiger partial charge on any atom is -0.449 e. The van der Waals surface area contributed by atoms with Gasteiger partial charge in [-0.3, -0.25) is 4.79 Å². The number of carbonyl (C=O) groups excluding carboxylic acids is 2. The Morgan fingerprint density at radius 2 is 2.12 bits per heavy atom. The molecule has 2 aliphatic rings. The van der Waals surface area contributed by atoms with E-state index in [2.05, 4.69) is 10.3 Å². The van der Waals surface area contributed by atoms with Gasteiger partial charge in [0.05, 0.1) is 11.1 Å². The zero-order chi connectivity index (χ0) is 17.3. The Balaban J connectivity index is 1.80. The van der Waals surface area contributed by atoms with Gasteiger partial charge in [-0.25, -0.2) is 9.78 Å². The molecule has 1 amide bonds. The van der Waals surface area contributed by atoms with Gasteiger partial charge in [-0.1, -0.05) is 0 Å². The van der Waals surface area contributed by atoms with Gasteiger partial charge in [-0.05, 0) is 44.9 Å². The van der Waals surface area contributed by atoms with Crippen LogP contribution in [0, 0.1) is 11.3 Å². The summed E-state index contributed by atoms with van der Waals surface area (Å²) in [5.74, 6) is -0.596. The number of nitrogens with zero attached hydrogens (tertiary/aromatic N) is 2. The highest BCUT2D eigenvalue weighted by atomic mass is 32.2. The van der Waals surface area contributed by atoms with E-state index < -0.39 is 12.1 Å². The third-order valence-corrected chi connectivity index (χ3v) is 4.79. The van der Waals surface area contributed by atoms with Crippen LogP contribution in [0.3, 0.4) is 0 Å². The normalized spacial score (nSPS) is 17.7. The Hall–Kier alpha value is -2.07. The topological polar surface area (TPSA) is 92.1 Å². The van der Waals surface area contributed by atoms with Gasteiger partial charge in [-0.15, -0.1) is 11.8 Å². The molecule has 2 fully saturated rings. The number of amides is 1. The molecule has 0 radical (unpaired) electrons. The van der Waals surface area contributed by atoms with E-state index in [1.807, 2.05) is 12.3 Å². The fourth-order valence-electron chi connectivity index (χ4n) is 2.37. The summed E-state index contributed by atoms with van der Waals surface area (Å²) in [4.78, 5) is 28.9. The van der Waals surface area contributed by atoms with Crippen molar-refractivity contribution < 1.29 is 14.3 Å². The van der Waals surface area contributed by atoms with Crippen molar-refractivity contribution in [2.75, 3.05) is 6.26 Å². The van der Waals surface area contributed by atoms with Gasteiger partial charge in [0.15, 0.2) is 6.10 Å². The maximum atomic E-state index is 12.5. The second-order valence-corrected chi connectivity index (χ2v) is 6.99. The molecule has 1 atom stereocenters. The molecule has 0 spiro atoms. The van der Waals surface area contributed by atoms with Crippen LogP contribution in [-0.2, 0) is 9.53 Å². The SMILES string of the molecule is CSc1nc(C2CC2)cc(C(=O)O[C@@H](C)C(=O)NC2CC2)c1C#N. The van der Waals surface area contributed by atoms with Crippen molar-refractivity contribution in [1.29, 1.82) is 5.26 Å². The lowest BCUT2D eigenvalue weighted by Gasteiger charge is -2.15. The first-order chi connectivity index (χ1) is 11.5. The Kier molecular flexibility index (Phi) is 4.76. The van der Waals surface area contributed by atoms with Crippen LogP contribution in [-0.4, -0.2) is 35.3 Å². The van der Waals surface area contributed by atoms with Crippen molar-refractivity contribution in [3.8, 4) is 6.07 Å². The highest BCUT2D eigenvalue weighted by Crippen LogP contribution is 2.40. The Morgan fingerprint density at radius 3 is 2.67 bits per heavy atom. The highest BCUT2D eigenvalue weighted by molar-refractivity contribution is 7.98. The van der Waals surface area contributed by atoms with Gasteiger partial charge in [0.2, 0.25) is 0 Å². The van der Waals surface area contributed by atoms with E-state index in [1.165, 1.54) is 11.8 Å². The monoisotopic (exact) mass is 345 g/mol. The molecule has 0 unspecified atom stereocenters. The van der Waals surface area contributed by atoms with Crippen molar-refractivity contribution in [2.24, 2.45) is 0 Å². The largest absolute Gasteiger partial charge is 0.449 e. The molecule has 2 saturated carbocycles. The Labute approximate surface area is 145 Å². The van der Waals surface area contributed by atoms with Crippen LogP contribution in [0.15, 0.2) is 11.1 Å². The molecule has 0 saturated heterocycles. The molecule has 7 heteroatoms. The number of pyridine rings is 1. The molecular weight excluding hydrogens is 326 g/mol. The molecule has 126 valence electrons. The molecule has 1 aromatic heterocycles. The molecule has 1 aromatic rings. The van der Waals surface area contributed by atoms with Crippen molar-refractivity contribution >= 4 is 23.6 Å². The molecule has 3 rings (SSSR count). The first-order valence-electron chi connectivity index (χ1n) is 8.03. The first-order valence-corrected chi connectivity index (χ1v) is 9.26. The maximum Gasteiger partial charge on any atom is 0.340 e. The van der Waals surface area contributed by atoms with Gasteiger partial charge >= 0.3 is 5.97 Å². The molecule has 1 N–H and O–H groups in total. The molecule has 0 aliphatic heterocycles. The summed E-state index contributed by atoms with van der Waals surface area (Å²) >= 11 is 1.33. The number of hydrogen-bond donors (Lipinski definition) is 1.